The van der Waals surface area contributed by atoms with E-state index in [4.69, 9.17) is 0 Å². The molecule has 128 valence electrons. The molecule has 7 nitrogen and oxygen atoms in total. The molecule has 0 unspecified atom stereocenters. The van der Waals surface area contributed by atoms with Crippen LogP contribution in [0.4, 0.5) is 5.82 Å². The Hall–Kier alpha value is -2.80. The van der Waals surface area contributed by atoms with E-state index in [9.17, 15) is 0 Å². The Morgan fingerprint density at radius 1 is 1.16 bits per heavy atom. The number of para-hydroxylation sites is 1. The van der Waals surface area contributed by atoms with Crippen molar-refractivity contribution >= 4 is 5.82 Å². The van der Waals surface area contributed by atoms with Gasteiger partial charge in [-0.1, -0.05) is 18.2 Å². The molecule has 1 aromatic carbocycles. The topological polar surface area (TPSA) is 71.8 Å². The SMILES string of the molecule is c1cnnc(N2CCC[C@H](NCc3ccccc3-n3cncn3)C2)c1. The second-order valence-corrected chi connectivity index (χ2v) is 6.22. The van der Waals surface area contributed by atoms with E-state index in [1.807, 2.05) is 22.9 Å². The van der Waals surface area contributed by atoms with Gasteiger partial charge in [0.2, 0.25) is 0 Å². The highest BCUT2D eigenvalue weighted by molar-refractivity contribution is 5.40. The van der Waals surface area contributed by atoms with Crippen LogP contribution < -0.4 is 10.2 Å². The van der Waals surface area contributed by atoms with Gasteiger partial charge >= 0.3 is 0 Å². The van der Waals surface area contributed by atoms with Gasteiger partial charge in [0.1, 0.15) is 12.7 Å². The number of hydrogen-bond acceptors (Lipinski definition) is 6. The van der Waals surface area contributed by atoms with Crippen LogP contribution in [0.15, 0.2) is 55.2 Å². The van der Waals surface area contributed by atoms with Crippen molar-refractivity contribution in [2.75, 3.05) is 18.0 Å². The van der Waals surface area contributed by atoms with Crippen LogP contribution in [-0.4, -0.2) is 44.1 Å². The molecule has 1 aliphatic heterocycles. The molecule has 1 fully saturated rings. The third-order valence-corrected chi connectivity index (χ3v) is 4.54. The Morgan fingerprint density at radius 3 is 2.96 bits per heavy atom. The summed E-state index contributed by atoms with van der Waals surface area (Å²) in [5.41, 5.74) is 2.28. The molecular weight excluding hydrogens is 314 g/mol. The van der Waals surface area contributed by atoms with Crippen LogP contribution in [0.2, 0.25) is 0 Å². The van der Waals surface area contributed by atoms with Crippen LogP contribution >= 0.6 is 0 Å². The Balaban J connectivity index is 1.42. The smallest absolute Gasteiger partial charge is 0.151 e. The largest absolute Gasteiger partial charge is 0.354 e. The summed E-state index contributed by atoms with van der Waals surface area (Å²) in [6, 6.07) is 12.7. The van der Waals surface area contributed by atoms with Crippen molar-refractivity contribution in [1.29, 1.82) is 0 Å². The number of aromatic nitrogens is 5. The average Bonchev–Trinajstić information content (AvgIpc) is 3.22. The third kappa shape index (κ3) is 3.66. The first-order chi connectivity index (χ1) is 12.4. The summed E-state index contributed by atoms with van der Waals surface area (Å²) in [5, 5.41) is 16.2. The predicted molar refractivity (Wildman–Crippen MR) is 95.5 cm³/mol. The van der Waals surface area contributed by atoms with E-state index in [0.717, 1.165) is 37.6 Å². The third-order valence-electron chi connectivity index (χ3n) is 4.54. The number of rotatable bonds is 5. The number of nitrogens with zero attached hydrogens (tertiary/aromatic N) is 6. The first kappa shape index (κ1) is 15.7. The maximum Gasteiger partial charge on any atom is 0.151 e. The fourth-order valence-corrected chi connectivity index (χ4v) is 3.28. The predicted octanol–water partition coefficient (Wildman–Crippen LogP) is 1.82. The summed E-state index contributed by atoms with van der Waals surface area (Å²) >= 11 is 0. The molecule has 7 heteroatoms. The van der Waals surface area contributed by atoms with Crippen LogP contribution in [-0.2, 0) is 6.54 Å². The Morgan fingerprint density at radius 2 is 2.12 bits per heavy atom. The Bertz CT molecular complexity index is 788. The summed E-state index contributed by atoms with van der Waals surface area (Å²) in [6.07, 6.45) is 7.32. The maximum absolute atomic E-state index is 4.25. The van der Waals surface area contributed by atoms with Gasteiger partial charge in [-0.05, 0) is 36.6 Å². The van der Waals surface area contributed by atoms with Crippen LogP contribution in [0.5, 0.6) is 0 Å². The molecule has 1 saturated heterocycles. The van der Waals surface area contributed by atoms with Crippen molar-refractivity contribution in [3.05, 3.63) is 60.8 Å². The minimum atomic E-state index is 0.430. The lowest BCUT2D eigenvalue weighted by Gasteiger charge is -2.33. The van der Waals surface area contributed by atoms with Crippen LogP contribution in [0, 0.1) is 0 Å². The Labute approximate surface area is 146 Å². The summed E-state index contributed by atoms with van der Waals surface area (Å²) < 4.78 is 1.81. The van der Waals surface area contributed by atoms with Crippen LogP contribution in [0.25, 0.3) is 5.69 Å². The van der Waals surface area contributed by atoms with E-state index in [1.165, 1.54) is 12.0 Å². The Kier molecular flexibility index (Phi) is 4.65. The fraction of sp³-hybridized carbons (Fsp3) is 0.333. The first-order valence-electron chi connectivity index (χ1n) is 8.59. The van der Waals surface area contributed by atoms with Gasteiger partial charge < -0.3 is 10.2 Å². The summed E-state index contributed by atoms with van der Waals surface area (Å²) in [6.45, 7) is 2.78. The van der Waals surface area contributed by atoms with Crippen molar-refractivity contribution in [3.8, 4) is 5.69 Å². The van der Waals surface area contributed by atoms with E-state index >= 15 is 0 Å². The highest BCUT2D eigenvalue weighted by Gasteiger charge is 2.21. The molecule has 0 saturated carbocycles. The summed E-state index contributed by atoms with van der Waals surface area (Å²) in [5.74, 6) is 0.956. The lowest BCUT2D eigenvalue weighted by Crippen LogP contribution is -2.45. The van der Waals surface area contributed by atoms with E-state index in [2.05, 4.69) is 48.7 Å². The van der Waals surface area contributed by atoms with Crippen LogP contribution in [0.3, 0.4) is 0 Å². The molecule has 1 N–H and O–H groups in total. The van der Waals surface area contributed by atoms with E-state index in [1.54, 1.807) is 18.9 Å². The molecule has 0 aliphatic carbocycles. The second kappa shape index (κ2) is 7.40. The van der Waals surface area contributed by atoms with Crippen molar-refractivity contribution in [1.82, 2.24) is 30.3 Å². The first-order valence-corrected chi connectivity index (χ1v) is 8.59. The second-order valence-electron chi connectivity index (χ2n) is 6.22. The standard InChI is InChI=1S/C18H21N7/c1-2-7-17(25-14-19-13-22-25)15(5-1)11-20-16-6-4-10-24(12-16)18-8-3-9-21-23-18/h1-3,5,7-9,13-14,16,20H,4,6,10-12H2/t16-/m0/s1. The zero-order chi connectivity index (χ0) is 16.9. The molecule has 3 heterocycles. The van der Waals surface area contributed by atoms with Crippen molar-refractivity contribution in [2.45, 2.75) is 25.4 Å². The lowest BCUT2D eigenvalue weighted by molar-refractivity contribution is 0.419. The van der Waals surface area contributed by atoms with E-state index in [-0.39, 0.29) is 0 Å². The van der Waals surface area contributed by atoms with Crippen molar-refractivity contribution < 1.29 is 0 Å². The summed E-state index contributed by atoms with van der Waals surface area (Å²) in [7, 11) is 0. The van der Waals surface area contributed by atoms with Gasteiger partial charge in [-0.3, -0.25) is 0 Å². The van der Waals surface area contributed by atoms with Gasteiger partial charge in [-0.2, -0.15) is 10.2 Å². The minimum absolute atomic E-state index is 0.430. The quantitative estimate of drug-likeness (QED) is 0.767. The average molecular weight is 335 g/mol. The molecule has 3 aromatic rings. The maximum atomic E-state index is 4.25. The van der Waals surface area contributed by atoms with Gasteiger partial charge in [0.15, 0.2) is 5.82 Å². The monoisotopic (exact) mass is 335 g/mol. The van der Waals surface area contributed by atoms with Crippen molar-refractivity contribution in [2.24, 2.45) is 0 Å². The molecule has 2 aromatic heterocycles. The molecule has 0 spiro atoms. The van der Waals surface area contributed by atoms with E-state index < -0.39 is 0 Å². The molecule has 4 rings (SSSR count). The minimum Gasteiger partial charge on any atom is -0.354 e. The van der Waals surface area contributed by atoms with Crippen molar-refractivity contribution in [3.63, 3.8) is 0 Å². The number of nitrogens with one attached hydrogen (secondary N) is 1. The van der Waals surface area contributed by atoms with Gasteiger partial charge in [0, 0.05) is 31.9 Å². The molecule has 25 heavy (non-hydrogen) atoms. The molecule has 0 radical (unpaired) electrons. The molecule has 0 amide bonds. The molecular formula is C18H21N7. The highest BCUT2D eigenvalue weighted by atomic mass is 15.3. The zero-order valence-corrected chi connectivity index (χ0v) is 14.0. The van der Waals surface area contributed by atoms with Gasteiger partial charge in [-0.15, -0.1) is 5.10 Å². The van der Waals surface area contributed by atoms with Gasteiger partial charge in [0.05, 0.1) is 5.69 Å². The molecule has 1 aliphatic rings. The number of hydrogen-bond donors (Lipinski definition) is 1. The fourth-order valence-electron chi connectivity index (χ4n) is 3.28. The van der Waals surface area contributed by atoms with Crippen LogP contribution in [0.1, 0.15) is 18.4 Å². The summed E-state index contributed by atoms with van der Waals surface area (Å²) in [4.78, 5) is 6.35. The van der Waals surface area contributed by atoms with E-state index in [0.29, 0.717) is 6.04 Å². The molecule has 1 atom stereocenters. The van der Waals surface area contributed by atoms with Gasteiger partial charge in [-0.25, -0.2) is 9.67 Å². The number of benzene rings is 1. The number of piperidine rings is 1. The highest BCUT2D eigenvalue weighted by Crippen LogP contribution is 2.18. The zero-order valence-electron chi connectivity index (χ0n) is 14.0. The van der Waals surface area contributed by atoms with Gasteiger partial charge in [0.25, 0.3) is 0 Å². The molecule has 0 bridgehead atoms. The number of anilines is 1. The normalized spacial score (nSPS) is 17.6. The lowest BCUT2D eigenvalue weighted by atomic mass is 10.0.